The van der Waals surface area contributed by atoms with Crippen LogP contribution in [0.4, 0.5) is 10.1 Å². The normalized spacial score (nSPS) is 16.4. The minimum absolute atomic E-state index is 0. The van der Waals surface area contributed by atoms with Gasteiger partial charge < -0.3 is 5.73 Å². The fourth-order valence-electron chi connectivity index (χ4n) is 1.67. The van der Waals surface area contributed by atoms with Crippen LogP contribution in [0.2, 0.25) is 0 Å². The summed E-state index contributed by atoms with van der Waals surface area (Å²) in [6.45, 7) is 0. The summed E-state index contributed by atoms with van der Waals surface area (Å²) in [5, 5.41) is 10.7. The molecule has 1 aliphatic carbocycles. The average molecular weight is 247 g/mol. The molecular formula is C10H12ClFN2O2. The average Bonchev–Trinajstić information content (AvgIpc) is 2.99. The molecule has 1 saturated carbocycles. The van der Waals surface area contributed by atoms with Crippen LogP contribution in [0.25, 0.3) is 0 Å². The Morgan fingerprint density at radius 3 is 2.62 bits per heavy atom. The molecule has 1 atom stereocenters. The van der Waals surface area contributed by atoms with Crippen LogP contribution >= 0.6 is 12.4 Å². The number of nitro groups is 1. The Balaban J connectivity index is 0.00000128. The molecule has 1 aliphatic rings. The Bertz CT molecular complexity index is 410. The second-order valence-electron chi connectivity index (χ2n) is 3.82. The van der Waals surface area contributed by atoms with Crippen LogP contribution in [-0.2, 0) is 0 Å². The predicted octanol–water partition coefficient (Wildman–Crippen LogP) is 2.57. The Hall–Kier alpha value is -1.20. The van der Waals surface area contributed by atoms with E-state index in [1.54, 1.807) is 0 Å². The molecule has 1 fully saturated rings. The van der Waals surface area contributed by atoms with Crippen molar-refractivity contribution in [3.8, 4) is 0 Å². The van der Waals surface area contributed by atoms with E-state index in [9.17, 15) is 14.5 Å². The van der Waals surface area contributed by atoms with Crippen LogP contribution in [0.1, 0.15) is 24.4 Å². The van der Waals surface area contributed by atoms with E-state index in [4.69, 9.17) is 5.73 Å². The van der Waals surface area contributed by atoms with Gasteiger partial charge in [-0.05, 0) is 30.9 Å². The Labute approximate surface area is 98.2 Å². The topological polar surface area (TPSA) is 69.2 Å². The molecule has 0 unspecified atom stereocenters. The fourth-order valence-corrected chi connectivity index (χ4v) is 1.67. The van der Waals surface area contributed by atoms with Crippen LogP contribution in [-0.4, -0.2) is 4.92 Å². The number of hydrogen-bond donors (Lipinski definition) is 1. The van der Waals surface area contributed by atoms with Crippen molar-refractivity contribution in [3.63, 3.8) is 0 Å². The number of nitro benzene ring substituents is 1. The summed E-state index contributed by atoms with van der Waals surface area (Å²) in [5.41, 5.74) is 6.08. The summed E-state index contributed by atoms with van der Waals surface area (Å²) in [7, 11) is 0. The van der Waals surface area contributed by atoms with E-state index in [-0.39, 0.29) is 24.1 Å². The van der Waals surface area contributed by atoms with E-state index in [0.717, 1.165) is 18.9 Å². The van der Waals surface area contributed by atoms with Crippen molar-refractivity contribution in [1.29, 1.82) is 0 Å². The zero-order valence-corrected chi connectivity index (χ0v) is 9.24. The van der Waals surface area contributed by atoms with Gasteiger partial charge in [-0.25, -0.2) is 4.39 Å². The zero-order chi connectivity index (χ0) is 11.0. The van der Waals surface area contributed by atoms with Gasteiger partial charge in [-0.3, -0.25) is 10.1 Å². The Kier molecular flexibility index (Phi) is 3.83. The molecule has 0 aliphatic heterocycles. The van der Waals surface area contributed by atoms with E-state index in [0.29, 0.717) is 11.5 Å². The van der Waals surface area contributed by atoms with Crippen molar-refractivity contribution in [3.05, 3.63) is 39.7 Å². The molecule has 0 amide bonds. The third-order valence-electron chi connectivity index (χ3n) is 2.68. The maximum atomic E-state index is 12.8. The molecule has 16 heavy (non-hydrogen) atoms. The number of benzene rings is 1. The van der Waals surface area contributed by atoms with Crippen LogP contribution in [0.3, 0.4) is 0 Å². The number of hydrogen-bond acceptors (Lipinski definition) is 3. The molecule has 0 radical (unpaired) electrons. The van der Waals surface area contributed by atoms with Crippen LogP contribution in [0.15, 0.2) is 18.2 Å². The van der Waals surface area contributed by atoms with Gasteiger partial charge >= 0.3 is 0 Å². The molecular weight excluding hydrogens is 235 g/mol. The zero-order valence-electron chi connectivity index (χ0n) is 8.43. The van der Waals surface area contributed by atoms with E-state index in [1.807, 2.05) is 0 Å². The second-order valence-corrected chi connectivity index (χ2v) is 3.82. The Morgan fingerprint density at radius 1 is 1.50 bits per heavy atom. The summed E-state index contributed by atoms with van der Waals surface area (Å²) in [6.07, 6.45) is 1.99. The maximum absolute atomic E-state index is 12.8. The molecule has 0 spiro atoms. The van der Waals surface area contributed by atoms with Gasteiger partial charge in [0.15, 0.2) is 0 Å². The molecule has 0 bridgehead atoms. The number of halogens is 2. The smallest absolute Gasteiger partial charge is 0.277 e. The molecule has 4 nitrogen and oxygen atoms in total. The lowest BCUT2D eigenvalue weighted by molar-refractivity contribution is -0.386. The summed E-state index contributed by atoms with van der Waals surface area (Å²) < 4.78 is 12.8. The molecule has 1 aromatic rings. The minimum atomic E-state index is -0.603. The van der Waals surface area contributed by atoms with Gasteiger partial charge in [0.1, 0.15) is 5.82 Å². The number of nitrogens with zero attached hydrogens (tertiary/aromatic N) is 1. The predicted molar refractivity (Wildman–Crippen MR) is 60.0 cm³/mol. The molecule has 2 rings (SSSR count). The third-order valence-corrected chi connectivity index (χ3v) is 2.68. The molecule has 0 aromatic heterocycles. The Morgan fingerprint density at radius 2 is 2.12 bits per heavy atom. The molecule has 0 saturated heterocycles. The minimum Gasteiger partial charge on any atom is -0.324 e. The first-order valence-electron chi connectivity index (χ1n) is 4.79. The van der Waals surface area contributed by atoms with Gasteiger partial charge in [0.05, 0.1) is 11.0 Å². The highest BCUT2D eigenvalue weighted by Crippen LogP contribution is 2.41. The van der Waals surface area contributed by atoms with Crippen LogP contribution in [0.5, 0.6) is 0 Å². The molecule has 88 valence electrons. The van der Waals surface area contributed by atoms with E-state index in [1.165, 1.54) is 12.1 Å². The summed E-state index contributed by atoms with van der Waals surface area (Å²) in [6, 6.07) is 3.21. The van der Waals surface area contributed by atoms with Gasteiger partial charge in [-0.15, -0.1) is 12.4 Å². The lowest BCUT2D eigenvalue weighted by atomic mass is 10.0. The SMILES string of the molecule is Cl.N[C@H](c1ccc(F)cc1[N+](=O)[O-])C1CC1. The van der Waals surface area contributed by atoms with Crippen LogP contribution in [0, 0.1) is 21.8 Å². The van der Waals surface area contributed by atoms with Crippen molar-refractivity contribution in [2.75, 3.05) is 0 Å². The third kappa shape index (κ3) is 2.48. The lowest BCUT2D eigenvalue weighted by Gasteiger charge is -2.10. The van der Waals surface area contributed by atoms with Crippen LogP contribution < -0.4 is 5.73 Å². The highest BCUT2D eigenvalue weighted by molar-refractivity contribution is 5.85. The van der Waals surface area contributed by atoms with Gasteiger partial charge in [0.25, 0.3) is 5.69 Å². The first-order valence-corrected chi connectivity index (χ1v) is 4.79. The quantitative estimate of drug-likeness (QED) is 0.658. The molecule has 6 heteroatoms. The van der Waals surface area contributed by atoms with Gasteiger partial charge in [-0.1, -0.05) is 0 Å². The molecule has 1 aromatic carbocycles. The van der Waals surface area contributed by atoms with Crippen molar-refractivity contribution < 1.29 is 9.31 Å². The number of rotatable bonds is 3. The number of nitrogens with two attached hydrogens (primary N) is 1. The van der Waals surface area contributed by atoms with Crippen molar-refractivity contribution in [2.24, 2.45) is 11.7 Å². The fraction of sp³-hybridized carbons (Fsp3) is 0.400. The van der Waals surface area contributed by atoms with E-state index in [2.05, 4.69) is 0 Å². The standard InChI is InChI=1S/C10H11FN2O2.ClH/c11-7-3-4-8(9(5-7)13(14)15)10(12)6-1-2-6;/h3-6,10H,1-2,12H2;1H/t10-;/m0./s1. The summed E-state index contributed by atoms with van der Waals surface area (Å²) >= 11 is 0. The second kappa shape index (κ2) is 4.76. The first-order chi connectivity index (χ1) is 7.09. The van der Waals surface area contributed by atoms with Gasteiger partial charge in [0.2, 0.25) is 0 Å². The maximum Gasteiger partial charge on any atom is 0.277 e. The summed E-state index contributed by atoms with van der Waals surface area (Å²) in [4.78, 5) is 10.1. The van der Waals surface area contributed by atoms with Crippen molar-refractivity contribution in [2.45, 2.75) is 18.9 Å². The monoisotopic (exact) mass is 246 g/mol. The summed E-state index contributed by atoms with van der Waals surface area (Å²) in [5.74, 6) is -0.289. The first kappa shape index (κ1) is 12.9. The molecule has 2 N–H and O–H groups in total. The highest BCUT2D eigenvalue weighted by Gasteiger charge is 2.33. The highest BCUT2D eigenvalue weighted by atomic mass is 35.5. The largest absolute Gasteiger partial charge is 0.324 e. The van der Waals surface area contributed by atoms with E-state index >= 15 is 0 Å². The van der Waals surface area contributed by atoms with Gasteiger partial charge in [0, 0.05) is 11.6 Å². The van der Waals surface area contributed by atoms with E-state index < -0.39 is 10.7 Å². The van der Waals surface area contributed by atoms with Crippen molar-refractivity contribution in [1.82, 2.24) is 0 Å². The van der Waals surface area contributed by atoms with Gasteiger partial charge in [-0.2, -0.15) is 0 Å². The van der Waals surface area contributed by atoms with Crippen molar-refractivity contribution >= 4 is 18.1 Å². The molecule has 0 heterocycles. The lowest BCUT2D eigenvalue weighted by Crippen LogP contribution is -2.14.